The lowest BCUT2D eigenvalue weighted by atomic mass is 9.86. The van der Waals surface area contributed by atoms with Gasteiger partial charge in [-0.1, -0.05) is 11.6 Å². The number of carbonyl (C=O) groups excluding carboxylic acids is 1. The minimum absolute atomic E-state index is 0.143. The first-order chi connectivity index (χ1) is 20.4. The predicted octanol–water partition coefficient (Wildman–Crippen LogP) is 6.37. The first kappa shape index (κ1) is 29.1. The molecular formula is C34H43N3O4S. The van der Waals surface area contributed by atoms with Gasteiger partial charge >= 0.3 is 0 Å². The lowest BCUT2D eigenvalue weighted by molar-refractivity contribution is -0.0315. The number of thiazole rings is 1. The van der Waals surface area contributed by atoms with E-state index < -0.39 is 0 Å². The van der Waals surface area contributed by atoms with Gasteiger partial charge in [-0.05, 0) is 112 Å². The van der Waals surface area contributed by atoms with Crippen molar-refractivity contribution in [2.24, 2.45) is 17.8 Å². The molecule has 1 aromatic heterocycles. The number of ether oxygens (including phenoxy) is 2. The third-order valence-electron chi connectivity index (χ3n) is 9.56. The molecule has 3 heterocycles. The monoisotopic (exact) mass is 589 g/mol. The molecule has 7 nitrogen and oxygen atoms in total. The predicted molar refractivity (Wildman–Crippen MR) is 167 cm³/mol. The van der Waals surface area contributed by atoms with Gasteiger partial charge in [-0.15, -0.1) is 11.3 Å². The van der Waals surface area contributed by atoms with Gasteiger partial charge < -0.3 is 24.4 Å². The number of fused-ring (bicyclic) bond motifs is 2. The number of aliphatic hydroxyl groups excluding tert-OH is 1. The molecule has 1 amide bonds. The Morgan fingerprint density at radius 1 is 1.02 bits per heavy atom. The third kappa shape index (κ3) is 6.08. The molecule has 0 radical (unpaired) electrons. The first-order valence-corrected chi connectivity index (χ1v) is 16.3. The molecule has 8 heteroatoms. The molecule has 3 aromatic rings. The molecule has 2 aromatic carbocycles. The largest absolute Gasteiger partial charge is 0.488 e. The van der Waals surface area contributed by atoms with Gasteiger partial charge in [0.1, 0.15) is 19.1 Å². The number of carbonyl (C=O) groups is 1. The van der Waals surface area contributed by atoms with Gasteiger partial charge in [0.25, 0.3) is 5.91 Å². The van der Waals surface area contributed by atoms with Crippen LogP contribution in [0.5, 0.6) is 5.75 Å². The molecule has 1 saturated carbocycles. The molecule has 2 atom stereocenters. The highest BCUT2D eigenvalue weighted by molar-refractivity contribution is 7.14. The molecule has 42 heavy (non-hydrogen) atoms. The van der Waals surface area contributed by atoms with Crippen molar-refractivity contribution in [1.82, 2.24) is 9.88 Å². The van der Waals surface area contributed by atoms with Gasteiger partial charge in [-0.25, -0.2) is 4.98 Å². The van der Waals surface area contributed by atoms with Crippen LogP contribution in [-0.2, 0) is 11.3 Å². The molecule has 2 bridgehead atoms. The number of rotatable bonds is 9. The van der Waals surface area contributed by atoms with Crippen LogP contribution in [0.2, 0.25) is 0 Å². The standard InChI is InChI=1S/C34H43N3O4S/c1-22-7-10-32(41-19-29-23(2)14-27(15-24(29)3)33(39)36-11-5-4-6-12-36)28(13-22)31-20-42-34(35-31)37-16-25-8-9-26(17-37)30(25)18-40-21-38/h7,10,13-15,20,25-26,30,38H,4-6,8-9,11-12,16-19,21H2,1-3H3. The molecule has 0 spiro atoms. The lowest BCUT2D eigenvalue weighted by Crippen LogP contribution is -2.43. The average molecular weight is 590 g/mol. The van der Waals surface area contributed by atoms with Crippen molar-refractivity contribution >= 4 is 22.4 Å². The summed E-state index contributed by atoms with van der Waals surface area (Å²) in [6.45, 7) is 10.9. The second-order valence-electron chi connectivity index (χ2n) is 12.4. The summed E-state index contributed by atoms with van der Waals surface area (Å²) in [5, 5.41) is 12.3. The van der Waals surface area contributed by atoms with Gasteiger partial charge in [0.15, 0.2) is 5.13 Å². The van der Waals surface area contributed by atoms with E-state index in [0.29, 0.717) is 31.0 Å². The van der Waals surface area contributed by atoms with Crippen LogP contribution in [0.15, 0.2) is 35.7 Å². The molecule has 1 aliphatic carbocycles. The van der Waals surface area contributed by atoms with Crippen molar-refractivity contribution in [2.75, 3.05) is 44.5 Å². The van der Waals surface area contributed by atoms with Gasteiger partial charge in [0.05, 0.1) is 12.3 Å². The molecule has 3 fully saturated rings. The van der Waals surface area contributed by atoms with Gasteiger partial charge in [-0.2, -0.15) is 0 Å². The quantitative estimate of drug-likeness (QED) is 0.293. The number of nitrogens with zero attached hydrogens (tertiary/aromatic N) is 3. The van der Waals surface area contributed by atoms with Crippen LogP contribution in [0.25, 0.3) is 11.3 Å². The van der Waals surface area contributed by atoms with Crippen molar-refractivity contribution in [3.63, 3.8) is 0 Å². The van der Waals surface area contributed by atoms with Crippen molar-refractivity contribution in [3.8, 4) is 17.0 Å². The smallest absolute Gasteiger partial charge is 0.253 e. The van der Waals surface area contributed by atoms with Gasteiger partial charge in [0.2, 0.25) is 0 Å². The summed E-state index contributed by atoms with van der Waals surface area (Å²) in [6, 6.07) is 10.4. The van der Waals surface area contributed by atoms with E-state index in [-0.39, 0.29) is 12.7 Å². The van der Waals surface area contributed by atoms with E-state index in [4.69, 9.17) is 19.6 Å². The SMILES string of the molecule is Cc1ccc(OCc2c(C)cc(C(=O)N3CCCCC3)cc2C)c(-c2csc(N3CC4CCC(C3)C4COCO)n2)c1. The number of aryl methyl sites for hydroxylation is 3. The highest BCUT2D eigenvalue weighted by Crippen LogP contribution is 2.44. The number of piperidine rings is 2. The lowest BCUT2D eigenvalue weighted by Gasteiger charge is -2.37. The Morgan fingerprint density at radius 2 is 1.74 bits per heavy atom. The number of aliphatic hydroxyl groups is 1. The van der Waals surface area contributed by atoms with Crippen molar-refractivity contribution < 1.29 is 19.4 Å². The summed E-state index contributed by atoms with van der Waals surface area (Å²) in [6.07, 6.45) is 5.84. The third-order valence-corrected chi connectivity index (χ3v) is 10.5. The number of likely N-dealkylation sites (tertiary alicyclic amines) is 1. The fourth-order valence-electron chi connectivity index (χ4n) is 7.23. The highest BCUT2D eigenvalue weighted by atomic mass is 32.1. The summed E-state index contributed by atoms with van der Waals surface area (Å²) in [5.74, 6) is 2.68. The zero-order valence-corrected chi connectivity index (χ0v) is 25.9. The van der Waals surface area contributed by atoms with Crippen LogP contribution < -0.4 is 9.64 Å². The molecule has 2 saturated heterocycles. The zero-order chi connectivity index (χ0) is 29.2. The van der Waals surface area contributed by atoms with Crippen LogP contribution in [-0.4, -0.2) is 60.5 Å². The maximum Gasteiger partial charge on any atom is 0.253 e. The van der Waals surface area contributed by atoms with Crippen LogP contribution in [0.1, 0.15) is 64.7 Å². The second kappa shape index (κ2) is 12.7. The van der Waals surface area contributed by atoms with E-state index in [0.717, 1.165) is 83.4 Å². The molecule has 2 aliphatic heterocycles. The maximum absolute atomic E-state index is 13.1. The molecule has 3 aliphatic rings. The Labute approximate surface area is 253 Å². The van der Waals surface area contributed by atoms with E-state index in [1.807, 2.05) is 17.0 Å². The maximum atomic E-state index is 13.1. The van der Waals surface area contributed by atoms with Crippen molar-refractivity contribution in [2.45, 2.75) is 59.5 Å². The van der Waals surface area contributed by atoms with Crippen LogP contribution in [0.3, 0.4) is 0 Å². The number of hydrogen-bond acceptors (Lipinski definition) is 7. The Bertz CT molecular complexity index is 1380. The minimum Gasteiger partial charge on any atom is -0.488 e. The fourth-order valence-corrected chi connectivity index (χ4v) is 8.08. The first-order valence-electron chi connectivity index (χ1n) is 15.4. The number of benzene rings is 2. The molecule has 1 N–H and O–H groups in total. The Morgan fingerprint density at radius 3 is 2.43 bits per heavy atom. The second-order valence-corrected chi connectivity index (χ2v) is 13.2. The highest BCUT2D eigenvalue weighted by Gasteiger charge is 2.42. The Balaban J connectivity index is 1.16. The fraction of sp³-hybridized carbons (Fsp3) is 0.529. The number of hydrogen-bond donors (Lipinski definition) is 1. The van der Waals surface area contributed by atoms with Gasteiger partial charge in [-0.3, -0.25) is 4.79 Å². The van der Waals surface area contributed by atoms with E-state index in [2.05, 4.69) is 49.3 Å². The normalized spacial score (nSPS) is 22.0. The Hall–Kier alpha value is -2.94. The molecule has 2 unspecified atom stereocenters. The molecule has 224 valence electrons. The summed E-state index contributed by atoms with van der Waals surface area (Å²) in [7, 11) is 0. The summed E-state index contributed by atoms with van der Waals surface area (Å²) in [5.41, 5.74) is 7.20. The van der Waals surface area contributed by atoms with E-state index in [1.54, 1.807) is 11.3 Å². The van der Waals surface area contributed by atoms with Crippen molar-refractivity contribution in [3.05, 3.63) is 63.5 Å². The summed E-state index contributed by atoms with van der Waals surface area (Å²) >= 11 is 1.70. The number of anilines is 1. The zero-order valence-electron chi connectivity index (χ0n) is 25.1. The molecular weight excluding hydrogens is 546 g/mol. The number of aromatic nitrogens is 1. The molecule has 6 rings (SSSR count). The van der Waals surface area contributed by atoms with Crippen LogP contribution >= 0.6 is 11.3 Å². The van der Waals surface area contributed by atoms with Crippen LogP contribution in [0.4, 0.5) is 5.13 Å². The summed E-state index contributed by atoms with van der Waals surface area (Å²) < 4.78 is 11.9. The van der Waals surface area contributed by atoms with E-state index >= 15 is 0 Å². The average Bonchev–Trinajstić information content (AvgIpc) is 3.57. The van der Waals surface area contributed by atoms with E-state index in [1.165, 1.54) is 24.8 Å². The van der Waals surface area contributed by atoms with Crippen molar-refractivity contribution in [1.29, 1.82) is 0 Å². The topological polar surface area (TPSA) is 75.1 Å². The minimum atomic E-state index is -0.195. The summed E-state index contributed by atoms with van der Waals surface area (Å²) in [4.78, 5) is 22.7. The van der Waals surface area contributed by atoms with Gasteiger partial charge in [0, 0.05) is 42.7 Å². The van der Waals surface area contributed by atoms with Crippen LogP contribution in [0, 0.1) is 38.5 Å². The Kier molecular flexibility index (Phi) is 8.84. The van der Waals surface area contributed by atoms with E-state index in [9.17, 15) is 4.79 Å². The number of amides is 1.